The van der Waals surface area contributed by atoms with Crippen molar-refractivity contribution in [3.8, 4) is 11.3 Å². The van der Waals surface area contributed by atoms with Gasteiger partial charge in [0.25, 0.3) is 0 Å². The lowest BCUT2D eigenvalue weighted by Crippen LogP contribution is -1.97. The molecule has 1 aliphatic rings. The van der Waals surface area contributed by atoms with Gasteiger partial charge in [0.15, 0.2) is 0 Å². The number of nitrogens with two attached hydrogens (primary N) is 1. The lowest BCUT2D eigenvalue weighted by atomic mass is 9.99. The van der Waals surface area contributed by atoms with E-state index in [1.54, 1.807) is 0 Å². The van der Waals surface area contributed by atoms with Crippen molar-refractivity contribution in [3.05, 3.63) is 60.7 Å². The van der Waals surface area contributed by atoms with Gasteiger partial charge in [-0.25, -0.2) is 4.98 Å². The second-order valence-corrected chi connectivity index (χ2v) is 6.60. The number of aromatic nitrogens is 1. The molecular weight excluding hydrogens is 288 g/mol. The summed E-state index contributed by atoms with van der Waals surface area (Å²) in [7, 11) is 0. The molecule has 2 N–H and O–H groups in total. The molecule has 0 unspecified atom stereocenters. The summed E-state index contributed by atoms with van der Waals surface area (Å²) in [4.78, 5) is 7.48. The van der Waals surface area contributed by atoms with Gasteiger partial charge in [-0.2, -0.15) is 0 Å². The average molecular weight is 300 g/mol. The molecule has 0 fully saturated rings. The summed E-state index contributed by atoms with van der Waals surface area (Å²) in [6.07, 6.45) is 0. The quantitative estimate of drug-likeness (QED) is 0.319. The number of nitrogen functional groups attached to an aromatic ring is 1. The van der Waals surface area contributed by atoms with E-state index < -0.39 is 0 Å². The van der Waals surface area contributed by atoms with E-state index in [1.807, 2.05) is 23.9 Å². The van der Waals surface area contributed by atoms with Gasteiger partial charge in [0.2, 0.25) is 0 Å². The largest absolute Gasteiger partial charge is 0.399 e. The minimum absolute atomic E-state index is 0.751. The van der Waals surface area contributed by atoms with Crippen LogP contribution in [0.25, 0.3) is 32.9 Å². The number of benzene rings is 3. The molecule has 5 rings (SSSR count). The fraction of sp³-hybridized carbons (Fsp3) is 0. The van der Waals surface area contributed by atoms with Crippen molar-refractivity contribution in [1.29, 1.82) is 0 Å². The Morgan fingerprint density at radius 1 is 0.818 bits per heavy atom. The highest BCUT2D eigenvalue weighted by atomic mass is 32.2. The van der Waals surface area contributed by atoms with Crippen molar-refractivity contribution in [2.45, 2.75) is 9.79 Å². The zero-order chi connectivity index (χ0) is 14.7. The zero-order valence-corrected chi connectivity index (χ0v) is 12.5. The Bertz CT molecular complexity index is 1070. The average Bonchev–Trinajstić information content (AvgIpc) is 2.54. The Hall–Kier alpha value is -2.52. The third-order valence-corrected chi connectivity index (χ3v) is 5.31. The van der Waals surface area contributed by atoms with Crippen LogP contribution in [-0.4, -0.2) is 4.98 Å². The van der Waals surface area contributed by atoms with Gasteiger partial charge >= 0.3 is 0 Å². The standard InChI is InChI=1S/C19H12N2S/c20-11-8-9-12-13-5-3-7-17-18(13)19(21-15(12)10-11)14-4-1-2-6-16(14)22-17/h1-10H,20H2. The number of hydrogen-bond acceptors (Lipinski definition) is 3. The van der Waals surface area contributed by atoms with E-state index in [0.29, 0.717) is 0 Å². The van der Waals surface area contributed by atoms with Crippen LogP contribution in [0, 0.1) is 0 Å². The first kappa shape index (κ1) is 12.1. The Morgan fingerprint density at radius 2 is 1.68 bits per heavy atom. The fourth-order valence-electron chi connectivity index (χ4n) is 3.19. The first-order valence-corrected chi connectivity index (χ1v) is 8.02. The smallest absolute Gasteiger partial charge is 0.0810 e. The van der Waals surface area contributed by atoms with Crippen molar-refractivity contribution < 1.29 is 0 Å². The number of pyridine rings is 1. The maximum absolute atomic E-state index is 5.95. The van der Waals surface area contributed by atoms with Gasteiger partial charge in [0.1, 0.15) is 0 Å². The predicted octanol–water partition coefficient (Wildman–Crippen LogP) is 5.10. The Labute approximate surface area is 132 Å². The third kappa shape index (κ3) is 1.54. The Morgan fingerprint density at radius 3 is 2.64 bits per heavy atom. The molecule has 0 atom stereocenters. The van der Waals surface area contributed by atoms with Crippen molar-refractivity contribution in [1.82, 2.24) is 4.98 Å². The maximum Gasteiger partial charge on any atom is 0.0810 e. The van der Waals surface area contributed by atoms with E-state index in [-0.39, 0.29) is 0 Å². The van der Waals surface area contributed by atoms with Gasteiger partial charge in [-0.15, -0.1) is 0 Å². The summed E-state index contributed by atoms with van der Waals surface area (Å²) >= 11 is 1.82. The summed E-state index contributed by atoms with van der Waals surface area (Å²) in [5.74, 6) is 0. The van der Waals surface area contributed by atoms with Crippen LogP contribution in [0.3, 0.4) is 0 Å². The second-order valence-electron chi connectivity index (χ2n) is 5.51. The molecule has 0 saturated heterocycles. The SMILES string of the molecule is Nc1ccc2c(c1)nc1c3c(cccc32)Sc2ccccc2-1. The molecule has 1 aromatic heterocycles. The van der Waals surface area contributed by atoms with Crippen LogP contribution in [0.4, 0.5) is 5.69 Å². The predicted molar refractivity (Wildman–Crippen MR) is 93.2 cm³/mol. The molecule has 0 amide bonds. The molecule has 0 bridgehead atoms. The molecular formula is C19H12N2S. The number of nitrogens with zero attached hydrogens (tertiary/aromatic N) is 1. The van der Waals surface area contributed by atoms with Crippen molar-refractivity contribution in [2.75, 3.05) is 5.73 Å². The molecule has 0 saturated carbocycles. The molecule has 0 radical (unpaired) electrons. The highest BCUT2D eigenvalue weighted by Crippen LogP contribution is 2.48. The van der Waals surface area contributed by atoms with Crippen LogP contribution < -0.4 is 5.73 Å². The number of hydrogen-bond donors (Lipinski definition) is 1. The second kappa shape index (κ2) is 4.24. The van der Waals surface area contributed by atoms with E-state index in [9.17, 15) is 0 Å². The van der Waals surface area contributed by atoms with Gasteiger partial charge in [-0.05, 0) is 29.7 Å². The van der Waals surface area contributed by atoms with E-state index in [2.05, 4.69) is 48.5 Å². The van der Waals surface area contributed by atoms with E-state index in [4.69, 9.17) is 10.7 Å². The summed E-state index contributed by atoms with van der Waals surface area (Å²) < 4.78 is 0. The van der Waals surface area contributed by atoms with Crippen LogP contribution in [0.1, 0.15) is 0 Å². The molecule has 1 aliphatic heterocycles. The van der Waals surface area contributed by atoms with Crippen LogP contribution in [-0.2, 0) is 0 Å². The van der Waals surface area contributed by atoms with Gasteiger partial charge in [-0.1, -0.05) is 48.2 Å². The topological polar surface area (TPSA) is 38.9 Å². The first-order chi connectivity index (χ1) is 10.8. The van der Waals surface area contributed by atoms with Gasteiger partial charge in [-0.3, -0.25) is 0 Å². The molecule has 22 heavy (non-hydrogen) atoms. The molecule has 104 valence electrons. The highest BCUT2D eigenvalue weighted by molar-refractivity contribution is 7.99. The van der Waals surface area contributed by atoms with Crippen LogP contribution >= 0.6 is 11.8 Å². The van der Waals surface area contributed by atoms with Crippen molar-refractivity contribution in [2.24, 2.45) is 0 Å². The third-order valence-electron chi connectivity index (χ3n) is 4.17. The molecule has 0 aliphatic carbocycles. The Balaban J connectivity index is 2.04. The highest BCUT2D eigenvalue weighted by Gasteiger charge is 2.21. The number of fused-ring (bicyclic) bond motifs is 4. The van der Waals surface area contributed by atoms with Crippen molar-refractivity contribution in [3.63, 3.8) is 0 Å². The van der Waals surface area contributed by atoms with E-state index in [0.717, 1.165) is 22.3 Å². The lowest BCUT2D eigenvalue weighted by Gasteiger charge is -2.20. The summed E-state index contributed by atoms with van der Waals surface area (Å²) in [6.45, 7) is 0. The fourth-order valence-corrected chi connectivity index (χ4v) is 4.31. The van der Waals surface area contributed by atoms with E-state index in [1.165, 1.54) is 26.1 Å². The molecule has 2 heterocycles. The summed E-state index contributed by atoms with van der Waals surface area (Å²) in [6, 6.07) is 20.9. The lowest BCUT2D eigenvalue weighted by molar-refractivity contribution is 1.32. The van der Waals surface area contributed by atoms with Gasteiger partial charge < -0.3 is 5.73 Å². The molecule has 3 aromatic carbocycles. The molecule has 0 spiro atoms. The van der Waals surface area contributed by atoms with Gasteiger partial charge in [0, 0.05) is 31.8 Å². The molecule has 3 heteroatoms. The van der Waals surface area contributed by atoms with Crippen LogP contribution in [0.5, 0.6) is 0 Å². The normalized spacial score (nSPS) is 12.5. The molecule has 4 aromatic rings. The number of anilines is 1. The van der Waals surface area contributed by atoms with Crippen molar-refractivity contribution >= 4 is 39.1 Å². The number of rotatable bonds is 0. The van der Waals surface area contributed by atoms with Crippen LogP contribution in [0.15, 0.2) is 70.5 Å². The maximum atomic E-state index is 5.95. The minimum Gasteiger partial charge on any atom is -0.399 e. The first-order valence-electron chi connectivity index (χ1n) is 7.20. The minimum atomic E-state index is 0.751. The summed E-state index contributed by atoms with van der Waals surface area (Å²) in [5, 5.41) is 3.66. The van der Waals surface area contributed by atoms with E-state index >= 15 is 0 Å². The van der Waals surface area contributed by atoms with Crippen LogP contribution in [0.2, 0.25) is 0 Å². The molecule has 2 nitrogen and oxygen atoms in total. The Kier molecular flexibility index (Phi) is 2.33. The zero-order valence-electron chi connectivity index (χ0n) is 11.7. The van der Waals surface area contributed by atoms with Gasteiger partial charge in [0.05, 0.1) is 11.2 Å². The summed E-state index contributed by atoms with van der Waals surface area (Å²) in [5.41, 5.74) is 9.94. The monoisotopic (exact) mass is 300 g/mol.